The molecule has 0 saturated heterocycles. The number of hydrogen-bond donors (Lipinski definition) is 2. The minimum Gasteiger partial charge on any atom is -0.480 e. The third-order valence-electron chi connectivity index (χ3n) is 2.48. The Morgan fingerprint density at radius 1 is 1.50 bits per heavy atom. The molecule has 0 spiro atoms. The number of benzene rings is 1. The van der Waals surface area contributed by atoms with E-state index in [0.717, 1.165) is 0 Å². The van der Waals surface area contributed by atoms with Crippen LogP contribution in [0.1, 0.15) is 25.3 Å². The quantitative estimate of drug-likeness (QED) is 0.804. The maximum atomic E-state index is 12.1. The minimum absolute atomic E-state index is 0.147. The van der Waals surface area contributed by atoms with E-state index in [4.69, 9.17) is 10.4 Å². The summed E-state index contributed by atoms with van der Waals surface area (Å²) in [5.41, 5.74) is 0.169. The van der Waals surface area contributed by atoms with E-state index in [-0.39, 0.29) is 16.9 Å². The van der Waals surface area contributed by atoms with Crippen LogP contribution in [0.3, 0.4) is 0 Å². The second-order valence-corrected chi connectivity index (χ2v) is 6.72. The average Bonchev–Trinajstić information content (AvgIpc) is 2.37. The van der Waals surface area contributed by atoms with Crippen LogP contribution in [0.15, 0.2) is 27.6 Å². The van der Waals surface area contributed by atoms with Crippen LogP contribution >= 0.6 is 15.9 Å². The van der Waals surface area contributed by atoms with Crippen LogP contribution in [0.4, 0.5) is 0 Å². The molecule has 0 radical (unpaired) electrons. The first-order valence-corrected chi connectivity index (χ1v) is 8.03. The van der Waals surface area contributed by atoms with Crippen molar-refractivity contribution in [2.45, 2.75) is 30.7 Å². The van der Waals surface area contributed by atoms with Crippen molar-refractivity contribution in [1.82, 2.24) is 4.72 Å². The van der Waals surface area contributed by atoms with E-state index in [1.807, 2.05) is 6.07 Å². The molecule has 1 aromatic rings. The number of carboxylic acids is 1. The van der Waals surface area contributed by atoms with Crippen molar-refractivity contribution in [3.63, 3.8) is 0 Å². The first-order valence-electron chi connectivity index (χ1n) is 5.76. The lowest BCUT2D eigenvalue weighted by Gasteiger charge is -2.14. The van der Waals surface area contributed by atoms with Gasteiger partial charge in [-0.2, -0.15) is 9.98 Å². The normalized spacial score (nSPS) is 12.7. The molecule has 0 bridgehead atoms. The summed E-state index contributed by atoms with van der Waals surface area (Å²) < 4.78 is 26.8. The summed E-state index contributed by atoms with van der Waals surface area (Å²) in [4.78, 5) is 10.9. The van der Waals surface area contributed by atoms with E-state index in [1.54, 1.807) is 6.92 Å². The van der Waals surface area contributed by atoms with Gasteiger partial charge in [-0.15, -0.1) is 0 Å². The summed E-state index contributed by atoms with van der Waals surface area (Å²) >= 11 is 3.11. The molecule has 1 atom stereocenters. The zero-order valence-corrected chi connectivity index (χ0v) is 13.0. The van der Waals surface area contributed by atoms with Crippen molar-refractivity contribution in [2.75, 3.05) is 0 Å². The van der Waals surface area contributed by atoms with Crippen molar-refractivity contribution in [2.24, 2.45) is 0 Å². The Bertz CT molecular complexity index is 652. The SMILES string of the molecule is CCCC(NS(=O)(=O)c1cc(Br)cc(C#N)c1)C(=O)O. The lowest BCUT2D eigenvalue weighted by Crippen LogP contribution is -2.40. The van der Waals surface area contributed by atoms with Gasteiger partial charge in [0, 0.05) is 4.47 Å². The summed E-state index contributed by atoms with van der Waals surface area (Å²) in [6.07, 6.45) is 0.717. The maximum Gasteiger partial charge on any atom is 0.321 e. The number of rotatable bonds is 6. The topological polar surface area (TPSA) is 107 Å². The number of nitriles is 1. The fourth-order valence-corrected chi connectivity index (χ4v) is 3.50. The molecule has 0 aliphatic rings. The summed E-state index contributed by atoms with van der Waals surface area (Å²) in [7, 11) is -3.99. The highest BCUT2D eigenvalue weighted by molar-refractivity contribution is 9.10. The van der Waals surface area contributed by atoms with Crippen LogP contribution in [0.25, 0.3) is 0 Å². The summed E-state index contributed by atoms with van der Waals surface area (Å²) in [6, 6.07) is 4.64. The van der Waals surface area contributed by atoms with E-state index in [9.17, 15) is 13.2 Å². The Balaban J connectivity index is 3.14. The fourth-order valence-electron chi connectivity index (χ4n) is 1.56. The van der Waals surface area contributed by atoms with Gasteiger partial charge in [0.05, 0.1) is 16.5 Å². The highest BCUT2D eigenvalue weighted by Gasteiger charge is 2.25. The van der Waals surface area contributed by atoms with Crippen LogP contribution in [-0.2, 0) is 14.8 Å². The Hall–Kier alpha value is -1.43. The van der Waals surface area contributed by atoms with Crippen LogP contribution in [0.5, 0.6) is 0 Å². The molecule has 6 nitrogen and oxygen atoms in total. The molecule has 0 saturated carbocycles. The number of nitrogens with one attached hydrogen (secondary N) is 1. The van der Waals surface area contributed by atoms with E-state index >= 15 is 0 Å². The molecule has 1 rings (SSSR count). The molecular weight excluding hydrogens is 348 g/mol. The summed E-state index contributed by atoms with van der Waals surface area (Å²) in [5.74, 6) is -1.23. The number of nitrogens with zero attached hydrogens (tertiary/aromatic N) is 1. The molecule has 0 amide bonds. The van der Waals surface area contributed by atoms with Crippen molar-refractivity contribution < 1.29 is 18.3 Å². The van der Waals surface area contributed by atoms with Gasteiger partial charge >= 0.3 is 5.97 Å². The molecular formula is C12H13BrN2O4S. The molecule has 108 valence electrons. The number of carbonyl (C=O) groups is 1. The Kier molecular flexibility index (Phi) is 5.68. The molecule has 8 heteroatoms. The van der Waals surface area contributed by atoms with Crippen LogP contribution in [0.2, 0.25) is 0 Å². The predicted molar refractivity (Wildman–Crippen MR) is 75.5 cm³/mol. The first-order chi connectivity index (χ1) is 9.30. The third-order valence-corrected chi connectivity index (χ3v) is 4.39. The van der Waals surface area contributed by atoms with Gasteiger partial charge in [-0.25, -0.2) is 8.42 Å². The number of hydrogen-bond acceptors (Lipinski definition) is 4. The van der Waals surface area contributed by atoms with Crippen molar-refractivity contribution in [3.8, 4) is 6.07 Å². The van der Waals surface area contributed by atoms with Crippen LogP contribution in [0, 0.1) is 11.3 Å². The van der Waals surface area contributed by atoms with E-state index < -0.39 is 22.0 Å². The average molecular weight is 361 g/mol. The Morgan fingerprint density at radius 3 is 2.65 bits per heavy atom. The molecule has 20 heavy (non-hydrogen) atoms. The number of carboxylic acid groups (broad SMARTS) is 1. The fraction of sp³-hybridized carbons (Fsp3) is 0.333. The molecule has 0 aromatic heterocycles. The number of halogens is 1. The van der Waals surface area contributed by atoms with E-state index in [1.165, 1.54) is 18.2 Å². The largest absolute Gasteiger partial charge is 0.480 e. The van der Waals surface area contributed by atoms with Crippen molar-refractivity contribution >= 4 is 31.9 Å². The van der Waals surface area contributed by atoms with Gasteiger partial charge in [-0.05, 0) is 24.6 Å². The summed E-state index contributed by atoms with van der Waals surface area (Å²) in [6.45, 7) is 1.76. The molecule has 1 unspecified atom stereocenters. The third kappa shape index (κ3) is 4.30. The Morgan fingerprint density at radius 2 is 2.15 bits per heavy atom. The van der Waals surface area contributed by atoms with Crippen molar-refractivity contribution in [3.05, 3.63) is 28.2 Å². The molecule has 1 aromatic carbocycles. The zero-order valence-electron chi connectivity index (χ0n) is 10.6. The highest BCUT2D eigenvalue weighted by Crippen LogP contribution is 2.19. The van der Waals surface area contributed by atoms with Gasteiger partial charge in [-0.3, -0.25) is 4.79 Å². The van der Waals surface area contributed by atoms with Crippen LogP contribution in [-0.4, -0.2) is 25.5 Å². The molecule has 2 N–H and O–H groups in total. The predicted octanol–water partition coefficient (Wildman–Crippen LogP) is 1.85. The monoisotopic (exact) mass is 360 g/mol. The lowest BCUT2D eigenvalue weighted by atomic mass is 10.2. The molecule has 0 fully saturated rings. The molecule has 0 heterocycles. The number of aliphatic carboxylic acids is 1. The Labute approximate surface area is 125 Å². The number of sulfonamides is 1. The standard InChI is InChI=1S/C12H13BrN2O4S/c1-2-3-11(12(16)17)15-20(18,19)10-5-8(7-14)4-9(13)6-10/h4-6,11,15H,2-3H2,1H3,(H,16,17). The van der Waals surface area contributed by atoms with Gasteiger partial charge in [0.25, 0.3) is 0 Å². The highest BCUT2D eigenvalue weighted by atomic mass is 79.9. The van der Waals surface area contributed by atoms with Crippen LogP contribution < -0.4 is 4.72 Å². The smallest absolute Gasteiger partial charge is 0.321 e. The first kappa shape index (κ1) is 16.6. The summed E-state index contributed by atoms with van der Waals surface area (Å²) in [5, 5.41) is 17.8. The second-order valence-electron chi connectivity index (χ2n) is 4.09. The molecule has 0 aliphatic carbocycles. The van der Waals surface area contributed by atoms with Crippen molar-refractivity contribution in [1.29, 1.82) is 5.26 Å². The minimum atomic E-state index is -3.99. The van der Waals surface area contributed by atoms with Gasteiger partial charge in [0.2, 0.25) is 10.0 Å². The second kappa shape index (κ2) is 6.83. The zero-order chi connectivity index (χ0) is 15.3. The van der Waals surface area contributed by atoms with Gasteiger partial charge in [-0.1, -0.05) is 29.3 Å². The molecule has 0 aliphatic heterocycles. The van der Waals surface area contributed by atoms with Gasteiger partial charge in [0.1, 0.15) is 6.04 Å². The van der Waals surface area contributed by atoms with Gasteiger partial charge in [0.15, 0.2) is 0 Å². The van der Waals surface area contributed by atoms with E-state index in [0.29, 0.717) is 10.9 Å². The maximum absolute atomic E-state index is 12.1. The lowest BCUT2D eigenvalue weighted by molar-refractivity contribution is -0.139. The van der Waals surface area contributed by atoms with E-state index in [2.05, 4.69) is 20.7 Å². The van der Waals surface area contributed by atoms with Gasteiger partial charge < -0.3 is 5.11 Å².